The van der Waals surface area contributed by atoms with E-state index in [9.17, 15) is 13.2 Å². The lowest BCUT2D eigenvalue weighted by molar-refractivity contribution is -0.158. The molecule has 0 amide bonds. The molecule has 1 unspecified atom stereocenters. The maximum Gasteiger partial charge on any atom is 0.397 e. The van der Waals surface area contributed by atoms with Crippen molar-refractivity contribution in [2.75, 3.05) is 6.61 Å². The van der Waals surface area contributed by atoms with Crippen LogP contribution in [0.3, 0.4) is 0 Å². The van der Waals surface area contributed by atoms with Crippen molar-refractivity contribution in [1.82, 2.24) is 0 Å². The Morgan fingerprint density at radius 3 is 2.20 bits per heavy atom. The molecular formula is C11H13F3O. The van der Waals surface area contributed by atoms with Crippen LogP contribution < -0.4 is 0 Å². The molecule has 1 atom stereocenters. The summed E-state index contributed by atoms with van der Waals surface area (Å²) in [6.45, 7) is 2.68. The minimum absolute atomic E-state index is 0.119. The molecule has 0 saturated heterocycles. The Kier molecular flexibility index (Phi) is 3.39. The summed E-state index contributed by atoms with van der Waals surface area (Å²) in [4.78, 5) is 0. The molecule has 1 N–H and O–H groups in total. The van der Waals surface area contributed by atoms with Crippen molar-refractivity contribution in [2.45, 2.75) is 25.9 Å². The molecule has 0 aliphatic rings. The van der Waals surface area contributed by atoms with Crippen LogP contribution in [0.1, 0.15) is 22.6 Å². The fourth-order valence-electron chi connectivity index (χ4n) is 1.38. The minimum Gasteiger partial charge on any atom is -0.395 e. The molecule has 0 bridgehead atoms. The average Bonchev–Trinajstić information content (AvgIpc) is 2.10. The Bertz CT molecular complexity index is 344. The van der Waals surface area contributed by atoms with Gasteiger partial charge in [0.25, 0.3) is 0 Å². The molecule has 15 heavy (non-hydrogen) atoms. The monoisotopic (exact) mass is 218 g/mol. The molecule has 0 aliphatic heterocycles. The summed E-state index contributed by atoms with van der Waals surface area (Å²) in [6.07, 6.45) is -4.39. The second-order valence-electron chi connectivity index (χ2n) is 3.62. The van der Waals surface area contributed by atoms with Crippen LogP contribution in [0.2, 0.25) is 0 Å². The molecule has 0 spiro atoms. The van der Waals surface area contributed by atoms with Crippen molar-refractivity contribution in [1.29, 1.82) is 0 Å². The zero-order chi connectivity index (χ0) is 11.6. The highest BCUT2D eigenvalue weighted by molar-refractivity contribution is 5.32. The highest BCUT2D eigenvalue weighted by atomic mass is 19.4. The molecular weight excluding hydrogens is 205 g/mol. The third-order valence-electron chi connectivity index (χ3n) is 2.51. The van der Waals surface area contributed by atoms with E-state index in [1.54, 1.807) is 13.0 Å². The molecule has 0 aliphatic carbocycles. The lowest BCUT2D eigenvalue weighted by Crippen LogP contribution is -2.24. The lowest BCUT2D eigenvalue weighted by Gasteiger charge is -2.19. The Morgan fingerprint density at radius 1 is 1.20 bits per heavy atom. The third-order valence-corrected chi connectivity index (χ3v) is 2.51. The van der Waals surface area contributed by atoms with Gasteiger partial charge in [0.05, 0.1) is 6.61 Å². The smallest absolute Gasteiger partial charge is 0.395 e. The summed E-state index contributed by atoms with van der Waals surface area (Å²) in [5, 5.41) is 8.76. The number of rotatable bonds is 2. The number of halogens is 3. The lowest BCUT2D eigenvalue weighted by atomic mass is 9.96. The van der Waals surface area contributed by atoms with Gasteiger partial charge < -0.3 is 5.11 Å². The number of aryl methyl sites for hydroxylation is 2. The highest BCUT2D eigenvalue weighted by Gasteiger charge is 2.40. The summed E-state index contributed by atoms with van der Waals surface area (Å²) in [5.41, 5.74) is 1.86. The molecule has 1 aromatic rings. The van der Waals surface area contributed by atoms with Gasteiger partial charge in [-0.1, -0.05) is 18.2 Å². The van der Waals surface area contributed by atoms with Gasteiger partial charge >= 0.3 is 6.18 Å². The predicted octanol–water partition coefficient (Wildman–Crippen LogP) is 2.94. The first-order valence-corrected chi connectivity index (χ1v) is 4.61. The summed E-state index contributed by atoms with van der Waals surface area (Å²) in [6, 6.07) is 4.53. The Balaban J connectivity index is 3.08. The van der Waals surface area contributed by atoms with Crippen LogP contribution in [0.5, 0.6) is 0 Å². The fourth-order valence-corrected chi connectivity index (χ4v) is 1.38. The topological polar surface area (TPSA) is 20.2 Å². The number of benzene rings is 1. The standard InChI is InChI=1S/C11H13F3O/c1-7-3-4-9(5-8(7)2)10(6-15)11(12,13)14/h3-5,10,15H,6H2,1-2H3. The zero-order valence-corrected chi connectivity index (χ0v) is 8.60. The highest BCUT2D eigenvalue weighted by Crippen LogP contribution is 2.34. The van der Waals surface area contributed by atoms with Gasteiger partial charge in [0, 0.05) is 0 Å². The third kappa shape index (κ3) is 2.72. The van der Waals surface area contributed by atoms with Crippen molar-refractivity contribution >= 4 is 0 Å². The van der Waals surface area contributed by atoms with Crippen molar-refractivity contribution in [3.8, 4) is 0 Å². The second kappa shape index (κ2) is 4.23. The van der Waals surface area contributed by atoms with Gasteiger partial charge in [0.1, 0.15) is 5.92 Å². The van der Waals surface area contributed by atoms with Crippen molar-refractivity contribution in [2.24, 2.45) is 0 Å². The van der Waals surface area contributed by atoms with E-state index in [0.29, 0.717) is 0 Å². The summed E-state index contributed by atoms with van der Waals surface area (Å²) >= 11 is 0. The van der Waals surface area contributed by atoms with Gasteiger partial charge in [-0.2, -0.15) is 13.2 Å². The van der Waals surface area contributed by atoms with Gasteiger partial charge in [0.15, 0.2) is 0 Å². The van der Waals surface area contributed by atoms with Crippen LogP contribution in [0.15, 0.2) is 18.2 Å². The SMILES string of the molecule is Cc1ccc(C(CO)C(F)(F)F)cc1C. The van der Waals surface area contributed by atoms with Crippen LogP contribution in [0.4, 0.5) is 13.2 Å². The maximum absolute atomic E-state index is 12.5. The first-order chi connectivity index (χ1) is 6.86. The molecule has 4 heteroatoms. The van der Waals surface area contributed by atoms with Crippen LogP contribution in [-0.4, -0.2) is 17.9 Å². The van der Waals surface area contributed by atoms with Crippen LogP contribution >= 0.6 is 0 Å². The number of aliphatic hydroxyl groups excluding tert-OH is 1. The molecule has 0 fully saturated rings. The Labute approximate surface area is 86.5 Å². The maximum atomic E-state index is 12.5. The number of hydrogen-bond acceptors (Lipinski definition) is 1. The van der Waals surface area contributed by atoms with Gasteiger partial charge in [-0.15, -0.1) is 0 Å². The summed E-state index contributed by atoms with van der Waals surface area (Å²) in [7, 11) is 0. The van der Waals surface area contributed by atoms with Crippen LogP contribution in [0, 0.1) is 13.8 Å². The van der Waals surface area contributed by atoms with E-state index >= 15 is 0 Å². The summed E-state index contributed by atoms with van der Waals surface area (Å²) in [5.74, 6) is -1.78. The first-order valence-electron chi connectivity index (χ1n) is 4.61. The molecule has 1 rings (SSSR count). The van der Waals surface area contributed by atoms with E-state index in [2.05, 4.69) is 0 Å². The van der Waals surface area contributed by atoms with E-state index < -0.39 is 18.7 Å². The average molecular weight is 218 g/mol. The van der Waals surface area contributed by atoms with E-state index in [-0.39, 0.29) is 5.56 Å². The van der Waals surface area contributed by atoms with Crippen LogP contribution in [-0.2, 0) is 0 Å². The number of aliphatic hydroxyl groups is 1. The van der Waals surface area contributed by atoms with Gasteiger partial charge in [0.2, 0.25) is 0 Å². The molecule has 0 heterocycles. The second-order valence-corrected chi connectivity index (χ2v) is 3.62. The van der Waals surface area contributed by atoms with E-state index in [4.69, 9.17) is 5.11 Å². The molecule has 0 radical (unpaired) electrons. The molecule has 1 nitrogen and oxygen atoms in total. The number of alkyl halides is 3. The van der Waals surface area contributed by atoms with Gasteiger partial charge in [-0.3, -0.25) is 0 Å². The van der Waals surface area contributed by atoms with Gasteiger partial charge in [-0.05, 0) is 30.5 Å². The number of hydrogen-bond donors (Lipinski definition) is 1. The Hall–Kier alpha value is -1.03. The summed E-state index contributed by atoms with van der Waals surface area (Å²) < 4.78 is 37.4. The van der Waals surface area contributed by atoms with Crippen molar-refractivity contribution in [3.63, 3.8) is 0 Å². The van der Waals surface area contributed by atoms with E-state index in [0.717, 1.165) is 11.1 Å². The Morgan fingerprint density at radius 2 is 1.80 bits per heavy atom. The minimum atomic E-state index is -4.39. The normalized spacial score (nSPS) is 14.0. The zero-order valence-electron chi connectivity index (χ0n) is 8.60. The largest absolute Gasteiger partial charge is 0.397 e. The van der Waals surface area contributed by atoms with E-state index in [1.165, 1.54) is 12.1 Å². The van der Waals surface area contributed by atoms with Crippen molar-refractivity contribution < 1.29 is 18.3 Å². The molecule has 1 aromatic carbocycles. The molecule has 84 valence electrons. The molecule has 0 saturated carbocycles. The predicted molar refractivity (Wildman–Crippen MR) is 51.8 cm³/mol. The molecule has 0 aromatic heterocycles. The first kappa shape index (κ1) is 12.0. The fraction of sp³-hybridized carbons (Fsp3) is 0.455. The quantitative estimate of drug-likeness (QED) is 0.809. The van der Waals surface area contributed by atoms with Crippen molar-refractivity contribution in [3.05, 3.63) is 34.9 Å². The van der Waals surface area contributed by atoms with Crippen LogP contribution in [0.25, 0.3) is 0 Å². The van der Waals surface area contributed by atoms with E-state index in [1.807, 2.05) is 6.92 Å². The van der Waals surface area contributed by atoms with Gasteiger partial charge in [-0.25, -0.2) is 0 Å².